The number of alkyl halides is 1. The van der Waals surface area contributed by atoms with Crippen LogP contribution < -0.4 is 10.6 Å². The first-order valence-corrected chi connectivity index (χ1v) is 15.9. The first-order chi connectivity index (χ1) is 19.4. The Morgan fingerprint density at radius 1 is 0.976 bits per heavy atom. The van der Waals surface area contributed by atoms with E-state index in [0.717, 1.165) is 46.2 Å². The Hall–Kier alpha value is -3.65. The number of nitrogens with two attached hydrogens (primary N) is 1. The molecule has 0 spiro atoms. The van der Waals surface area contributed by atoms with Crippen LogP contribution in [-0.2, 0) is 27.7 Å². The minimum atomic E-state index is -3.20. The molecule has 6 nitrogen and oxygen atoms in total. The fourth-order valence-corrected chi connectivity index (χ4v) is 6.57. The van der Waals surface area contributed by atoms with Crippen LogP contribution in [0.1, 0.15) is 28.2 Å². The highest BCUT2D eigenvalue weighted by molar-refractivity contribution is 7.90. The second-order valence-electron chi connectivity index (χ2n) is 11.5. The van der Waals surface area contributed by atoms with Crippen molar-refractivity contribution < 1.29 is 17.7 Å². The molecule has 1 aliphatic heterocycles. The molecule has 4 aromatic carbocycles. The van der Waals surface area contributed by atoms with Crippen LogP contribution in [0.4, 0.5) is 11.4 Å². The van der Waals surface area contributed by atoms with Crippen molar-refractivity contribution in [2.75, 3.05) is 43.4 Å². The topological polar surface area (TPSA) is 80.5 Å². The van der Waals surface area contributed by atoms with E-state index in [-0.39, 0.29) is 11.8 Å². The van der Waals surface area contributed by atoms with Crippen molar-refractivity contribution in [2.24, 2.45) is 0 Å². The summed E-state index contributed by atoms with van der Waals surface area (Å²) in [5.41, 5.74) is 12.1. The molecule has 0 radical (unpaired) electrons. The smallest absolute Gasteiger partial charge is 0.251 e. The molecule has 1 heterocycles. The molecule has 41 heavy (non-hydrogen) atoms. The summed E-state index contributed by atoms with van der Waals surface area (Å²) in [6.45, 7) is 2.09. The fourth-order valence-electron chi connectivity index (χ4n) is 5.69. The molecule has 212 valence electrons. The lowest BCUT2D eigenvalue weighted by Crippen LogP contribution is -2.37. The van der Waals surface area contributed by atoms with Crippen LogP contribution in [0.3, 0.4) is 0 Å². The molecule has 4 aromatic rings. The summed E-state index contributed by atoms with van der Waals surface area (Å²) >= 11 is 6.34. The van der Waals surface area contributed by atoms with Gasteiger partial charge in [0.2, 0.25) is 0 Å². The van der Waals surface area contributed by atoms with Gasteiger partial charge in [0, 0.05) is 52.9 Å². The second-order valence-corrected chi connectivity index (χ2v) is 13.8. The summed E-state index contributed by atoms with van der Waals surface area (Å²) < 4.78 is 24.2. The maximum Gasteiger partial charge on any atom is 0.251 e. The number of amides is 1. The molecule has 0 saturated heterocycles. The van der Waals surface area contributed by atoms with Crippen LogP contribution in [0.2, 0.25) is 0 Å². The van der Waals surface area contributed by atoms with Gasteiger partial charge >= 0.3 is 0 Å². The lowest BCUT2D eigenvalue weighted by Gasteiger charge is -2.30. The number of anilines is 2. The molecule has 1 atom stereocenters. The van der Waals surface area contributed by atoms with Crippen molar-refractivity contribution >= 4 is 55.6 Å². The first kappa shape index (κ1) is 28.9. The molecule has 1 unspecified atom stereocenters. The Balaban J connectivity index is 1.26. The van der Waals surface area contributed by atoms with Crippen molar-refractivity contribution in [1.29, 1.82) is 0 Å². The van der Waals surface area contributed by atoms with Gasteiger partial charge in [0.15, 0.2) is 9.84 Å². The molecule has 0 saturated carbocycles. The van der Waals surface area contributed by atoms with Crippen LogP contribution in [0.25, 0.3) is 16.8 Å². The molecule has 1 aliphatic rings. The van der Waals surface area contributed by atoms with E-state index in [2.05, 4.69) is 26.2 Å². The van der Waals surface area contributed by atoms with E-state index >= 15 is 0 Å². The highest BCUT2D eigenvalue weighted by Gasteiger charge is 2.33. The minimum absolute atomic E-state index is 0.0490. The molecule has 2 N–H and O–H groups in total. The summed E-state index contributed by atoms with van der Waals surface area (Å²) in [6, 6.07) is 25.2. The minimum Gasteiger partial charge on any atom is -0.398 e. The summed E-state index contributed by atoms with van der Waals surface area (Å²) in [5, 5.41) is 2.04. The van der Waals surface area contributed by atoms with Crippen molar-refractivity contribution in [3.63, 3.8) is 0 Å². The number of fused-ring (bicyclic) bond motifs is 3. The van der Waals surface area contributed by atoms with Crippen molar-refractivity contribution in [1.82, 2.24) is 0 Å². The third-order valence-corrected chi connectivity index (χ3v) is 9.12. The average Bonchev–Trinajstić information content (AvgIpc) is 3.31. The maximum absolute atomic E-state index is 13.3. The van der Waals surface area contributed by atoms with Gasteiger partial charge in [0.25, 0.3) is 5.91 Å². The summed E-state index contributed by atoms with van der Waals surface area (Å²) in [7, 11) is 1.09. The Morgan fingerprint density at radius 2 is 1.56 bits per heavy atom. The number of carbonyl (C=O) groups is 1. The Labute approximate surface area is 247 Å². The molecule has 0 bridgehead atoms. The monoisotopic (exact) mass is 588 g/mol. The lowest BCUT2D eigenvalue weighted by atomic mass is 9.95. The van der Waals surface area contributed by atoms with Gasteiger partial charge in [0.1, 0.15) is 13.1 Å². The molecule has 8 heteroatoms. The standard InChI is InChI=1S/C33H35ClN3O3S/c1-37(2,22-25-12-15-27(16-13-25)41(3,39)40)21-24-10-8-23(9-11-24)14-17-32(38)36-20-26(19-34)33-29-7-5-4-6-28(29)30(35)18-31(33)36/h4-18,26H,19-22,35H2,1-3H3/q+1/b17-14+. The van der Waals surface area contributed by atoms with E-state index < -0.39 is 9.84 Å². The largest absolute Gasteiger partial charge is 0.398 e. The van der Waals surface area contributed by atoms with Gasteiger partial charge < -0.3 is 15.1 Å². The number of nitrogens with zero attached hydrogens (tertiary/aromatic N) is 2. The Morgan fingerprint density at radius 3 is 2.15 bits per heavy atom. The van der Waals surface area contributed by atoms with E-state index in [9.17, 15) is 13.2 Å². The van der Waals surface area contributed by atoms with Crippen molar-refractivity contribution in [3.8, 4) is 0 Å². The molecule has 0 aromatic heterocycles. The summed E-state index contributed by atoms with van der Waals surface area (Å²) in [5.74, 6) is 0.377. The zero-order valence-corrected chi connectivity index (χ0v) is 25.1. The summed E-state index contributed by atoms with van der Waals surface area (Å²) in [4.78, 5) is 15.4. The van der Waals surface area contributed by atoms with Crippen molar-refractivity contribution in [3.05, 3.63) is 107 Å². The van der Waals surface area contributed by atoms with Gasteiger partial charge in [-0.2, -0.15) is 0 Å². The number of rotatable bonds is 8. The van der Waals surface area contributed by atoms with Crippen LogP contribution in [0, 0.1) is 0 Å². The third kappa shape index (κ3) is 6.32. The number of sulfone groups is 1. The number of quaternary nitrogens is 1. The van der Waals surface area contributed by atoms with Gasteiger partial charge in [0.05, 0.1) is 24.7 Å². The number of nitrogen functional groups attached to an aromatic ring is 1. The number of carbonyl (C=O) groups excluding carboxylic acids is 1. The Bertz CT molecular complexity index is 1730. The van der Waals surface area contributed by atoms with Crippen LogP contribution in [0.5, 0.6) is 0 Å². The molecular weight excluding hydrogens is 554 g/mol. The zero-order valence-electron chi connectivity index (χ0n) is 23.5. The number of halogens is 1. The second kappa shape index (κ2) is 11.3. The first-order valence-electron chi connectivity index (χ1n) is 13.5. The van der Waals surface area contributed by atoms with E-state index in [4.69, 9.17) is 17.3 Å². The fraction of sp³-hybridized carbons (Fsp3) is 0.242. The quantitative estimate of drug-likeness (QED) is 0.119. The van der Waals surface area contributed by atoms with E-state index in [0.29, 0.717) is 27.5 Å². The third-order valence-electron chi connectivity index (χ3n) is 7.62. The van der Waals surface area contributed by atoms with E-state index in [1.807, 2.05) is 60.7 Å². The van der Waals surface area contributed by atoms with E-state index in [1.165, 1.54) is 11.8 Å². The number of benzene rings is 4. The molecule has 5 rings (SSSR count). The van der Waals surface area contributed by atoms with E-state index in [1.54, 1.807) is 23.1 Å². The number of hydrogen-bond donors (Lipinski definition) is 1. The average molecular weight is 589 g/mol. The lowest BCUT2D eigenvalue weighted by molar-refractivity contribution is -0.916. The molecule has 1 amide bonds. The van der Waals surface area contributed by atoms with Gasteiger partial charge in [-0.1, -0.05) is 60.7 Å². The van der Waals surface area contributed by atoms with Gasteiger partial charge in [-0.05, 0) is 40.8 Å². The van der Waals surface area contributed by atoms with Crippen LogP contribution in [-0.4, -0.2) is 51.6 Å². The Kier molecular flexibility index (Phi) is 7.97. The highest BCUT2D eigenvalue weighted by Crippen LogP contribution is 2.44. The molecule has 0 aliphatic carbocycles. The normalized spacial score (nSPS) is 15.5. The summed E-state index contributed by atoms with van der Waals surface area (Å²) in [6.07, 6.45) is 4.67. The number of hydrogen-bond acceptors (Lipinski definition) is 4. The van der Waals surface area contributed by atoms with Crippen LogP contribution in [0.15, 0.2) is 89.8 Å². The predicted molar refractivity (Wildman–Crippen MR) is 169 cm³/mol. The molecular formula is C33H35ClN3O3S+. The predicted octanol–water partition coefficient (Wildman–Crippen LogP) is 5.98. The van der Waals surface area contributed by atoms with Crippen molar-refractivity contribution in [2.45, 2.75) is 23.9 Å². The zero-order chi connectivity index (χ0) is 29.4. The van der Waals surface area contributed by atoms with Gasteiger partial charge in [-0.25, -0.2) is 8.42 Å². The van der Waals surface area contributed by atoms with Crippen LogP contribution >= 0.6 is 11.6 Å². The van der Waals surface area contributed by atoms with Gasteiger partial charge in [-0.15, -0.1) is 11.6 Å². The van der Waals surface area contributed by atoms with Gasteiger partial charge in [-0.3, -0.25) is 4.79 Å². The SMILES string of the molecule is C[N+](C)(Cc1ccc(/C=C/C(=O)N2CC(CCl)c3c2cc(N)c2ccccc32)cc1)Cc1ccc(S(C)(=O)=O)cc1. The maximum atomic E-state index is 13.3. The molecule has 0 fully saturated rings. The highest BCUT2D eigenvalue weighted by atomic mass is 35.5.